The van der Waals surface area contributed by atoms with Crippen LogP contribution in [0.1, 0.15) is 21.7 Å². The first-order chi connectivity index (χ1) is 7.66. The molecule has 0 aliphatic heterocycles. The number of aromatic nitrogens is 3. The lowest BCUT2D eigenvalue weighted by Crippen LogP contribution is -2.08. The summed E-state index contributed by atoms with van der Waals surface area (Å²) in [4.78, 5) is 20.1. The van der Waals surface area contributed by atoms with Crippen molar-refractivity contribution in [3.05, 3.63) is 47.8 Å². The molecular weight excluding hydrogens is 202 g/mol. The zero-order valence-electron chi connectivity index (χ0n) is 9.34. The van der Waals surface area contributed by atoms with E-state index < -0.39 is 0 Å². The van der Waals surface area contributed by atoms with Gasteiger partial charge in [-0.3, -0.25) is 9.78 Å². The SMILES string of the molecule is Cc1cncc(C(=O)Cc2nccn2C)c1. The van der Waals surface area contributed by atoms with Gasteiger partial charge >= 0.3 is 0 Å². The van der Waals surface area contributed by atoms with E-state index in [2.05, 4.69) is 9.97 Å². The highest BCUT2D eigenvalue weighted by atomic mass is 16.1. The van der Waals surface area contributed by atoms with Crippen molar-refractivity contribution in [1.82, 2.24) is 14.5 Å². The minimum Gasteiger partial charge on any atom is -0.338 e. The highest BCUT2D eigenvalue weighted by Gasteiger charge is 2.10. The number of carbonyl (C=O) groups is 1. The fourth-order valence-corrected chi connectivity index (χ4v) is 1.52. The Morgan fingerprint density at radius 3 is 2.88 bits per heavy atom. The first kappa shape index (κ1) is 10.5. The van der Waals surface area contributed by atoms with Crippen LogP contribution in [0, 0.1) is 6.92 Å². The summed E-state index contributed by atoms with van der Waals surface area (Å²) in [5.74, 6) is 0.817. The summed E-state index contributed by atoms with van der Waals surface area (Å²) < 4.78 is 1.85. The number of ketones is 1. The lowest BCUT2D eigenvalue weighted by atomic mass is 10.1. The number of hydrogen-bond donors (Lipinski definition) is 0. The van der Waals surface area contributed by atoms with E-state index in [9.17, 15) is 4.79 Å². The largest absolute Gasteiger partial charge is 0.338 e. The average molecular weight is 215 g/mol. The van der Waals surface area contributed by atoms with E-state index in [1.165, 1.54) is 0 Å². The molecule has 0 unspecified atom stereocenters. The van der Waals surface area contributed by atoms with Gasteiger partial charge in [-0.15, -0.1) is 0 Å². The highest BCUT2D eigenvalue weighted by molar-refractivity contribution is 5.96. The zero-order chi connectivity index (χ0) is 11.5. The summed E-state index contributed by atoms with van der Waals surface area (Å²) in [6, 6.07) is 1.85. The van der Waals surface area contributed by atoms with Crippen LogP contribution < -0.4 is 0 Å². The first-order valence-corrected chi connectivity index (χ1v) is 5.08. The third-order valence-corrected chi connectivity index (χ3v) is 2.44. The summed E-state index contributed by atoms with van der Waals surface area (Å²) in [5.41, 5.74) is 1.63. The Morgan fingerprint density at radius 1 is 1.44 bits per heavy atom. The number of Topliss-reactive ketones (excluding diaryl/α,β-unsaturated/α-hetero) is 1. The molecule has 0 N–H and O–H groups in total. The third kappa shape index (κ3) is 2.16. The molecule has 16 heavy (non-hydrogen) atoms. The van der Waals surface area contributed by atoms with Crippen LogP contribution in [0.25, 0.3) is 0 Å². The topological polar surface area (TPSA) is 47.8 Å². The van der Waals surface area contributed by atoms with E-state index in [1.54, 1.807) is 18.6 Å². The van der Waals surface area contributed by atoms with Crippen LogP contribution in [0.5, 0.6) is 0 Å². The zero-order valence-corrected chi connectivity index (χ0v) is 9.34. The average Bonchev–Trinajstić information content (AvgIpc) is 2.64. The van der Waals surface area contributed by atoms with Crippen LogP contribution in [-0.4, -0.2) is 20.3 Å². The fourth-order valence-electron chi connectivity index (χ4n) is 1.52. The monoisotopic (exact) mass is 215 g/mol. The van der Waals surface area contributed by atoms with Crippen molar-refractivity contribution in [2.24, 2.45) is 7.05 Å². The quantitative estimate of drug-likeness (QED) is 0.730. The molecule has 0 amide bonds. The smallest absolute Gasteiger partial charge is 0.171 e. The Labute approximate surface area is 94.0 Å². The van der Waals surface area contributed by atoms with Gasteiger partial charge in [-0.05, 0) is 18.6 Å². The highest BCUT2D eigenvalue weighted by Crippen LogP contribution is 2.06. The maximum atomic E-state index is 11.9. The van der Waals surface area contributed by atoms with E-state index >= 15 is 0 Å². The van der Waals surface area contributed by atoms with Gasteiger partial charge in [0.05, 0.1) is 6.42 Å². The van der Waals surface area contributed by atoms with Gasteiger partial charge in [-0.1, -0.05) is 0 Å². The molecule has 0 fully saturated rings. The molecular formula is C12H13N3O. The standard InChI is InChI=1S/C12H13N3O/c1-9-5-10(8-13-7-9)11(16)6-12-14-3-4-15(12)2/h3-5,7-8H,6H2,1-2H3. The maximum Gasteiger partial charge on any atom is 0.171 e. The Balaban J connectivity index is 2.18. The number of aryl methyl sites for hydroxylation is 2. The predicted octanol–water partition coefficient (Wildman–Crippen LogP) is 1.55. The molecule has 0 aromatic carbocycles. The van der Waals surface area contributed by atoms with Crippen molar-refractivity contribution in [3.63, 3.8) is 0 Å². The van der Waals surface area contributed by atoms with Gasteiger partial charge in [-0.25, -0.2) is 4.98 Å². The van der Waals surface area contributed by atoms with Gasteiger partial charge in [0, 0.05) is 37.4 Å². The molecule has 0 aliphatic rings. The molecule has 0 atom stereocenters. The van der Waals surface area contributed by atoms with Crippen LogP contribution in [0.2, 0.25) is 0 Å². The minimum atomic E-state index is 0.0468. The van der Waals surface area contributed by atoms with Crippen LogP contribution >= 0.6 is 0 Å². The third-order valence-electron chi connectivity index (χ3n) is 2.44. The van der Waals surface area contributed by atoms with Gasteiger partial charge in [0.15, 0.2) is 5.78 Å². The molecule has 0 radical (unpaired) electrons. The molecule has 2 heterocycles. The maximum absolute atomic E-state index is 11.9. The Bertz CT molecular complexity index is 516. The summed E-state index contributed by atoms with van der Waals surface area (Å²) >= 11 is 0. The van der Waals surface area contributed by atoms with E-state index in [4.69, 9.17) is 0 Å². The number of nitrogens with zero attached hydrogens (tertiary/aromatic N) is 3. The summed E-state index contributed by atoms with van der Waals surface area (Å²) in [6.07, 6.45) is 7.17. The lowest BCUT2D eigenvalue weighted by Gasteiger charge is -2.02. The predicted molar refractivity (Wildman–Crippen MR) is 60.2 cm³/mol. The number of hydrogen-bond acceptors (Lipinski definition) is 3. The summed E-state index contributed by atoms with van der Waals surface area (Å²) in [6.45, 7) is 1.92. The van der Waals surface area contributed by atoms with Gasteiger partial charge in [-0.2, -0.15) is 0 Å². The van der Waals surface area contributed by atoms with Gasteiger partial charge in [0.1, 0.15) is 5.82 Å². The first-order valence-electron chi connectivity index (χ1n) is 5.08. The molecule has 0 saturated carbocycles. The molecule has 0 bridgehead atoms. The van der Waals surface area contributed by atoms with Crippen molar-refractivity contribution in [1.29, 1.82) is 0 Å². The number of rotatable bonds is 3. The van der Waals surface area contributed by atoms with Gasteiger partial charge in [0.2, 0.25) is 0 Å². The molecule has 4 heteroatoms. The second kappa shape index (κ2) is 4.26. The second-order valence-corrected chi connectivity index (χ2v) is 3.81. The van der Waals surface area contributed by atoms with Crippen LogP contribution in [0.4, 0.5) is 0 Å². The van der Waals surface area contributed by atoms with E-state index in [1.807, 2.05) is 30.8 Å². The van der Waals surface area contributed by atoms with Crippen LogP contribution in [-0.2, 0) is 13.5 Å². The molecule has 0 spiro atoms. The van der Waals surface area contributed by atoms with Crippen molar-refractivity contribution in [2.75, 3.05) is 0 Å². The molecule has 2 aromatic rings. The molecule has 0 saturated heterocycles. The molecule has 82 valence electrons. The van der Waals surface area contributed by atoms with Crippen molar-refractivity contribution in [3.8, 4) is 0 Å². The van der Waals surface area contributed by atoms with E-state index in [0.717, 1.165) is 11.4 Å². The Morgan fingerprint density at radius 2 is 2.25 bits per heavy atom. The van der Waals surface area contributed by atoms with E-state index in [-0.39, 0.29) is 5.78 Å². The molecule has 2 rings (SSSR count). The Kier molecular flexibility index (Phi) is 2.81. The molecule has 0 aliphatic carbocycles. The van der Waals surface area contributed by atoms with Gasteiger partial charge in [0.25, 0.3) is 0 Å². The number of pyridine rings is 1. The van der Waals surface area contributed by atoms with Crippen molar-refractivity contribution < 1.29 is 4.79 Å². The second-order valence-electron chi connectivity index (χ2n) is 3.81. The van der Waals surface area contributed by atoms with Gasteiger partial charge < -0.3 is 4.57 Å². The van der Waals surface area contributed by atoms with E-state index in [0.29, 0.717) is 12.0 Å². The normalized spacial score (nSPS) is 10.4. The minimum absolute atomic E-state index is 0.0468. The van der Waals surface area contributed by atoms with Crippen LogP contribution in [0.15, 0.2) is 30.9 Å². The summed E-state index contributed by atoms with van der Waals surface area (Å²) in [5, 5.41) is 0. The Hall–Kier alpha value is -1.97. The van der Waals surface area contributed by atoms with Crippen molar-refractivity contribution >= 4 is 5.78 Å². The summed E-state index contributed by atoms with van der Waals surface area (Å²) in [7, 11) is 1.88. The molecule has 2 aromatic heterocycles. The molecule has 4 nitrogen and oxygen atoms in total. The lowest BCUT2D eigenvalue weighted by molar-refractivity contribution is 0.0989. The number of imidazole rings is 1. The van der Waals surface area contributed by atoms with Crippen LogP contribution in [0.3, 0.4) is 0 Å². The van der Waals surface area contributed by atoms with Crippen molar-refractivity contribution in [2.45, 2.75) is 13.3 Å². The fraction of sp³-hybridized carbons (Fsp3) is 0.250. The number of carbonyl (C=O) groups excluding carboxylic acids is 1.